The number of rotatable bonds is 0. The number of imide groups is 1. The largest absolute Gasteiger partial charge is 0.280 e. The van der Waals surface area contributed by atoms with E-state index < -0.39 is 11.2 Å². The summed E-state index contributed by atoms with van der Waals surface area (Å²) >= 11 is 8.48. The van der Waals surface area contributed by atoms with Crippen LogP contribution in [0.1, 0.15) is 0 Å². The van der Waals surface area contributed by atoms with Crippen LogP contribution in [0.5, 0.6) is 0 Å². The molecule has 0 aromatic carbocycles. The van der Waals surface area contributed by atoms with Crippen molar-refractivity contribution < 1.29 is 9.59 Å². The van der Waals surface area contributed by atoms with Gasteiger partial charge in [-0.3, -0.25) is 14.5 Å². The van der Waals surface area contributed by atoms with E-state index in [1.54, 1.807) is 0 Å². The molecule has 0 radical (unpaired) electrons. The van der Waals surface area contributed by atoms with Gasteiger partial charge in [0, 0.05) is 7.05 Å². The van der Waals surface area contributed by atoms with E-state index in [1.807, 2.05) is 0 Å². The highest BCUT2D eigenvalue weighted by molar-refractivity contribution is 7.88. The lowest BCUT2D eigenvalue weighted by atomic mass is 10.3. The summed E-state index contributed by atoms with van der Waals surface area (Å²) in [5.74, 6) is -0.738. The summed E-state index contributed by atoms with van der Waals surface area (Å²) in [4.78, 5) is 22.8. The van der Waals surface area contributed by atoms with Crippen molar-refractivity contribution in [2.45, 2.75) is 5.25 Å². The molecule has 0 spiro atoms. The molecule has 1 fully saturated rings. The van der Waals surface area contributed by atoms with E-state index in [0.29, 0.717) is 0 Å². The Bertz CT molecular complexity index is 204. The van der Waals surface area contributed by atoms with Crippen LogP contribution in [0.2, 0.25) is 0 Å². The van der Waals surface area contributed by atoms with Crippen LogP contribution in [-0.4, -0.2) is 33.9 Å². The van der Waals surface area contributed by atoms with E-state index in [9.17, 15) is 9.59 Å². The Morgan fingerprint density at radius 1 is 1.60 bits per heavy atom. The molecule has 1 unspecified atom stereocenters. The monoisotopic (exact) mass is 175 g/mol. The van der Waals surface area contributed by atoms with Crippen LogP contribution in [-0.2, 0) is 9.59 Å². The number of carbonyl (C=O) groups is 2. The molecule has 1 aliphatic rings. The normalized spacial score (nSPS) is 26.4. The number of hydrogen-bond acceptors (Lipinski definition) is 4. The molecule has 1 aliphatic heterocycles. The van der Waals surface area contributed by atoms with Crippen molar-refractivity contribution in [2.24, 2.45) is 0 Å². The molecule has 54 valence electrons. The van der Waals surface area contributed by atoms with Crippen molar-refractivity contribution >= 4 is 41.5 Å². The molecule has 1 atom stereocenters. The lowest BCUT2D eigenvalue weighted by Gasteiger charge is -2.01. The average Bonchev–Trinajstić information content (AvgIpc) is 2.07. The number of thiocarbonyl (C=S) groups is 1. The lowest BCUT2D eigenvalue weighted by Crippen LogP contribution is -2.26. The molecular weight excluding hydrogens is 170 g/mol. The fraction of sp³-hybridized carbons (Fsp3) is 0.400. The first kappa shape index (κ1) is 7.68. The van der Waals surface area contributed by atoms with E-state index in [0.717, 1.165) is 4.90 Å². The highest BCUT2D eigenvalue weighted by Crippen LogP contribution is 2.13. The van der Waals surface area contributed by atoms with E-state index in [1.165, 1.54) is 7.05 Å². The third-order valence-corrected chi connectivity index (χ3v) is 2.39. The topological polar surface area (TPSA) is 37.4 Å². The number of nitrogens with zero attached hydrogens (tertiary/aromatic N) is 1. The molecule has 1 heterocycles. The second kappa shape index (κ2) is 2.32. The summed E-state index contributed by atoms with van der Waals surface area (Å²) in [6.07, 6.45) is 0. The molecule has 3 nitrogen and oxygen atoms in total. The van der Waals surface area contributed by atoms with Crippen LogP contribution in [0.15, 0.2) is 0 Å². The first-order chi connectivity index (χ1) is 4.55. The molecule has 0 aromatic heterocycles. The summed E-state index contributed by atoms with van der Waals surface area (Å²) < 4.78 is 0. The Kier molecular flexibility index (Phi) is 1.78. The maximum atomic E-state index is 10.9. The van der Waals surface area contributed by atoms with Crippen LogP contribution in [0.3, 0.4) is 0 Å². The van der Waals surface area contributed by atoms with Gasteiger partial charge in [0.05, 0.1) is 0 Å². The van der Waals surface area contributed by atoms with Crippen LogP contribution >= 0.6 is 24.8 Å². The maximum Gasteiger partial charge on any atom is 0.268 e. The van der Waals surface area contributed by atoms with Gasteiger partial charge < -0.3 is 0 Å². The zero-order valence-electron chi connectivity index (χ0n) is 5.20. The molecule has 5 heteroatoms. The van der Waals surface area contributed by atoms with Crippen molar-refractivity contribution in [2.75, 3.05) is 7.05 Å². The van der Waals surface area contributed by atoms with Crippen molar-refractivity contribution in [1.29, 1.82) is 0 Å². The zero-order valence-corrected chi connectivity index (χ0v) is 6.91. The smallest absolute Gasteiger partial charge is 0.268 e. The second-order valence-corrected chi connectivity index (χ2v) is 2.93. The average molecular weight is 175 g/mol. The van der Waals surface area contributed by atoms with Crippen LogP contribution in [0, 0.1) is 0 Å². The number of amides is 2. The summed E-state index contributed by atoms with van der Waals surface area (Å²) in [5, 5.41) is -0.701. The van der Waals surface area contributed by atoms with E-state index in [4.69, 9.17) is 0 Å². The summed E-state index contributed by atoms with van der Waals surface area (Å²) in [5.41, 5.74) is 0. The van der Waals surface area contributed by atoms with Gasteiger partial charge in [-0.05, 0) is 0 Å². The van der Waals surface area contributed by atoms with Gasteiger partial charge in [-0.2, -0.15) is 12.6 Å². The Balaban J connectivity index is 3.00. The quantitative estimate of drug-likeness (QED) is 0.311. The third-order valence-electron chi connectivity index (χ3n) is 1.33. The fourth-order valence-electron chi connectivity index (χ4n) is 0.678. The van der Waals surface area contributed by atoms with Crippen LogP contribution < -0.4 is 0 Å². The van der Waals surface area contributed by atoms with Gasteiger partial charge in [-0.1, -0.05) is 12.2 Å². The SMILES string of the molecule is CN1C(=O)C(=S)C(S)C1=O. The van der Waals surface area contributed by atoms with Crippen molar-refractivity contribution in [3.63, 3.8) is 0 Å². The molecule has 0 aromatic rings. The summed E-state index contributed by atoms with van der Waals surface area (Å²) in [6.45, 7) is 0. The predicted molar refractivity (Wildman–Crippen MR) is 43.1 cm³/mol. The Morgan fingerprint density at radius 3 is 2.20 bits per heavy atom. The third kappa shape index (κ3) is 0.856. The van der Waals surface area contributed by atoms with Gasteiger partial charge in [0.1, 0.15) is 10.1 Å². The van der Waals surface area contributed by atoms with Gasteiger partial charge in [-0.15, -0.1) is 0 Å². The Hall–Kier alpha value is -0.420. The second-order valence-electron chi connectivity index (χ2n) is 1.97. The standard InChI is InChI=1S/C5H5NO2S2/c1-6-4(7)2(9)3(10)5(6)8/h2,9H,1H3. The van der Waals surface area contributed by atoms with Crippen LogP contribution in [0.25, 0.3) is 0 Å². The van der Waals surface area contributed by atoms with Crippen LogP contribution in [0.4, 0.5) is 0 Å². The van der Waals surface area contributed by atoms with Gasteiger partial charge in [0.2, 0.25) is 5.91 Å². The summed E-state index contributed by atoms with van der Waals surface area (Å²) in [6, 6.07) is 0. The number of carbonyl (C=O) groups excluding carboxylic acids is 2. The molecule has 0 bridgehead atoms. The minimum Gasteiger partial charge on any atom is -0.280 e. The zero-order chi connectivity index (χ0) is 7.89. The first-order valence-electron chi connectivity index (χ1n) is 2.59. The molecule has 1 saturated heterocycles. The molecule has 0 N–H and O–H groups in total. The predicted octanol–water partition coefficient (Wildman–Crippen LogP) is -0.347. The number of likely N-dealkylation sites (tertiary alicyclic amines) is 1. The van der Waals surface area contributed by atoms with E-state index in [2.05, 4.69) is 24.8 Å². The van der Waals surface area contributed by atoms with Gasteiger partial charge in [0.25, 0.3) is 5.91 Å². The Labute approximate surface area is 68.8 Å². The van der Waals surface area contributed by atoms with E-state index in [-0.39, 0.29) is 10.8 Å². The fourth-order valence-corrected chi connectivity index (χ4v) is 1.20. The molecule has 0 aliphatic carbocycles. The molecular formula is C5H5NO2S2. The van der Waals surface area contributed by atoms with Crippen molar-refractivity contribution in [3.05, 3.63) is 0 Å². The van der Waals surface area contributed by atoms with Gasteiger partial charge in [0.15, 0.2) is 0 Å². The molecule has 2 amide bonds. The van der Waals surface area contributed by atoms with E-state index >= 15 is 0 Å². The number of thiol groups is 1. The molecule has 0 saturated carbocycles. The van der Waals surface area contributed by atoms with Crippen molar-refractivity contribution in [3.8, 4) is 0 Å². The summed E-state index contributed by atoms with van der Waals surface area (Å²) in [7, 11) is 1.40. The highest BCUT2D eigenvalue weighted by Gasteiger charge is 2.38. The first-order valence-corrected chi connectivity index (χ1v) is 3.52. The van der Waals surface area contributed by atoms with Gasteiger partial charge in [-0.25, -0.2) is 0 Å². The maximum absolute atomic E-state index is 10.9. The molecule has 1 rings (SSSR count). The van der Waals surface area contributed by atoms with Gasteiger partial charge >= 0.3 is 0 Å². The van der Waals surface area contributed by atoms with Crippen molar-refractivity contribution in [1.82, 2.24) is 4.90 Å². The molecule has 10 heavy (non-hydrogen) atoms. The minimum absolute atomic E-state index is 0.0934. The lowest BCUT2D eigenvalue weighted by molar-refractivity contribution is -0.135. The number of hydrogen-bond donors (Lipinski definition) is 1. The Morgan fingerprint density at radius 2 is 2.10 bits per heavy atom. The minimum atomic E-state index is -0.701. The highest BCUT2D eigenvalue weighted by atomic mass is 32.1.